The average Bonchev–Trinajstić information content (AvgIpc) is 2.08. The molecular weight excluding hydrogens is 168 g/mol. The monoisotopic (exact) mass is 180 g/mol. The summed E-state index contributed by atoms with van der Waals surface area (Å²) in [4.78, 5) is 9.73. The summed E-state index contributed by atoms with van der Waals surface area (Å²) in [5.74, 6) is 0.403. The van der Waals surface area contributed by atoms with Crippen molar-refractivity contribution < 1.29 is 9.90 Å². The number of carbonyl (C=O) groups is 1. The lowest BCUT2D eigenvalue weighted by molar-refractivity contribution is -0.126. The van der Waals surface area contributed by atoms with Gasteiger partial charge in [0, 0.05) is 0 Å². The minimum atomic E-state index is 0.0741. The van der Waals surface area contributed by atoms with Gasteiger partial charge in [-0.25, -0.2) is 5.43 Å². The molecule has 4 nitrogen and oxygen atoms in total. The summed E-state index contributed by atoms with van der Waals surface area (Å²) in [6, 6.07) is 7.09. The Morgan fingerprint density at radius 2 is 1.77 bits per heavy atom. The first-order valence-electron chi connectivity index (χ1n) is 3.96. The van der Waals surface area contributed by atoms with Crippen LogP contribution in [0.3, 0.4) is 0 Å². The van der Waals surface area contributed by atoms with Gasteiger partial charge < -0.3 is 5.11 Å². The van der Waals surface area contributed by atoms with Gasteiger partial charge in [0.05, 0.1) is 6.54 Å². The van der Waals surface area contributed by atoms with E-state index in [2.05, 4.69) is 10.9 Å². The smallest absolute Gasteiger partial charge is 0.249 e. The van der Waals surface area contributed by atoms with Gasteiger partial charge in [0.15, 0.2) is 0 Å². The van der Waals surface area contributed by atoms with Crippen molar-refractivity contribution in [3.8, 4) is 5.75 Å². The molecule has 2 rings (SSSR count). The minimum Gasteiger partial charge on any atom is -0.508 e. The van der Waals surface area contributed by atoms with Gasteiger partial charge in [-0.15, -0.1) is 0 Å². The molecule has 70 valence electrons. The fourth-order valence-corrected chi connectivity index (χ4v) is 0.705. The number of rotatable bonds is 0. The van der Waals surface area contributed by atoms with Crippen LogP contribution < -0.4 is 10.9 Å². The van der Waals surface area contributed by atoms with E-state index in [0.717, 1.165) is 0 Å². The molecule has 1 heterocycles. The molecular formula is C9H12N2O2. The second-order valence-electron chi connectivity index (χ2n) is 2.74. The summed E-state index contributed by atoms with van der Waals surface area (Å²) in [6.07, 6.45) is 0. The Kier molecular flexibility index (Phi) is 3.28. The molecule has 1 amide bonds. The van der Waals surface area contributed by atoms with Gasteiger partial charge in [0.1, 0.15) is 5.75 Å². The lowest BCUT2D eigenvalue weighted by Gasteiger charge is -2.12. The van der Waals surface area contributed by atoms with E-state index < -0.39 is 0 Å². The van der Waals surface area contributed by atoms with Crippen molar-refractivity contribution in [3.63, 3.8) is 0 Å². The number of amides is 1. The standard InChI is InChI=1S/C7H8O.C2H4N2O/c1-6-2-4-7(8)5-3-6;5-2-1-3-4-2/h2-5,8H,1H3;3H,1H2,(H,4,5). The first-order chi connectivity index (χ1) is 6.18. The van der Waals surface area contributed by atoms with Crippen LogP contribution in [0.1, 0.15) is 5.56 Å². The van der Waals surface area contributed by atoms with Crippen LogP contribution in [0.2, 0.25) is 0 Å². The topological polar surface area (TPSA) is 61.4 Å². The second kappa shape index (κ2) is 4.47. The Hall–Kier alpha value is -1.55. The van der Waals surface area contributed by atoms with Crippen molar-refractivity contribution in [2.75, 3.05) is 6.54 Å². The number of aryl methyl sites for hydroxylation is 1. The molecule has 4 heteroatoms. The van der Waals surface area contributed by atoms with E-state index in [1.165, 1.54) is 5.56 Å². The van der Waals surface area contributed by atoms with Crippen molar-refractivity contribution in [2.24, 2.45) is 0 Å². The Morgan fingerprint density at radius 3 is 2.00 bits per heavy atom. The molecule has 0 aliphatic carbocycles. The maximum absolute atomic E-state index is 9.73. The highest BCUT2D eigenvalue weighted by Crippen LogP contribution is 2.07. The number of hydrogen-bond donors (Lipinski definition) is 3. The van der Waals surface area contributed by atoms with Crippen LogP contribution in [0.5, 0.6) is 5.75 Å². The third kappa shape index (κ3) is 3.57. The number of hydrazine groups is 1. The van der Waals surface area contributed by atoms with Crippen LogP contribution in [0.15, 0.2) is 24.3 Å². The van der Waals surface area contributed by atoms with Gasteiger partial charge in [-0.2, -0.15) is 0 Å². The quantitative estimate of drug-likeness (QED) is 0.539. The number of hydrogen-bond acceptors (Lipinski definition) is 3. The summed E-state index contributed by atoms with van der Waals surface area (Å²) in [5.41, 5.74) is 6.05. The maximum Gasteiger partial charge on any atom is 0.249 e. The SMILES string of the molecule is Cc1ccc(O)cc1.O=C1CNN1. The van der Waals surface area contributed by atoms with Crippen molar-refractivity contribution in [3.05, 3.63) is 29.8 Å². The zero-order chi connectivity index (χ0) is 9.68. The molecule has 0 saturated carbocycles. The largest absolute Gasteiger partial charge is 0.508 e. The van der Waals surface area contributed by atoms with Crippen molar-refractivity contribution >= 4 is 5.91 Å². The number of phenolic OH excluding ortho intramolecular Hbond substituents is 1. The van der Waals surface area contributed by atoms with Gasteiger partial charge in [-0.3, -0.25) is 10.2 Å². The highest BCUT2D eigenvalue weighted by molar-refractivity contribution is 5.81. The molecule has 3 N–H and O–H groups in total. The zero-order valence-corrected chi connectivity index (χ0v) is 7.37. The van der Waals surface area contributed by atoms with Gasteiger partial charge in [-0.1, -0.05) is 17.7 Å². The van der Waals surface area contributed by atoms with Crippen LogP contribution in [0.4, 0.5) is 0 Å². The average molecular weight is 180 g/mol. The van der Waals surface area contributed by atoms with Gasteiger partial charge in [0.25, 0.3) is 0 Å². The number of aromatic hydroxyl groups is 1. The normalized spacial score (nSPS) is 13.5. The number of phenols is 1. The fraction of sp³-hybridized carbons (Fsp3) is 0.222. The molecule has 0 aromatic heterocycles. The summed E-state index contributed by atoms with van der Waals surface area (Å²) in [5, 5.41) is 8.76. The highest BCUT2D eigenvalue weighted by atomic mass is 16.3. The molecule has 0 radical (unpaired) electrons. The van der Waals surface area contributed by atoms with E-state index >= 15 is 0 Å². The molecule has 1 saturated heterocycles. The molecule has 0 bridgehead atoms. The zero-order valence-electron chi connectivity index (χ0n) is 7.37. The van der Waals surface area contributed by atoms with Crippen LogP contribution in [0, 0.1) is 6.92 Å². The fourth-order valence-electron chi connectivity index (χ4n) is 0.705. The molecule has 1 aliphatic rings. The Labute approximate surface area is 76.6 Å². The van der Waals surface area contributed by atoms with Gasteiger partial charge >= 0.3 is 0 Å². The van der Waals surface area contributed by atoms with Crippen molar-refractivity contribution in [2.45, 2.75) is 6.92 Å². The predicted molar refractivity (Wildman–Crippen MR) is 49.0 cm³/mol. The molecule has 0 unspecified atom stereocenters. The lowest BCUT2D eigenvalue weighted by atomic mass is 10.2. The lowest BCUT2D eigenvalue weighted by Crippen LogP contribution is -2.55. The van der Waals surface area contributed by atoms with E-state index in [0.29, 0.717) is 12.3 Å². The molecule has 13 heavy (non-hydrogen) atoms. The van der Waals surface area contributed by atoms with Gasteiger partial charge in [-0.05, 0) is 19.1 Å². The number of benzene rings is 1. The minimum absolute atomic E-state index is 0.0741. The van der Waals surface area contributed by atoms with Gasteiger partial charge in [0.2, 0.25) is 5.91 Å². The Balaban J connectivity index is 0.000000145. The molecule has 1 aromatic rings. The molecule has 0 atom stereocenters. The van der Waals surface area contributed by atoms with Crippen LogP contribution in [0.25, 0.3) is 0 Å². The third-order valence-corrected chi connectivity index (χ3v) is 1.51. The second-order valence-corrected chi connectivity index (χ2v) is 2.74. The number of nitrogens with one attached hydrogen (secondary N) is 2. The van der Waals surface area contributed by atoms with Crippen LogP contribution in [-0.2, 0) is 4.79 Å². The summed E-state index contributed by atoms with van der Waals surface area (Å²) >= 11 is 0. The maximum atomic E-state index is 9.73. The number of carbonyl (C=O) groups excluding carboxylic acids is 1. The molecule has 1 aliphatic heterocycles. The first-order valence-corrected chi connectivity index (χ1v) is 3.96. The van der Waals surface area contributed by atoms with E-state index in [1.807, 2.05) is 19.1 Å². The highest BCUT2D eigenvalue weighted by Gasteiger charge is 2.06. The molecule has 0 spiro atoms. The first kappa shape index (κ1) is 9.54. The molecule has 1 fully saturated rings. The third-order valence-electron chi connectivity index (χ3n) is 1.51. The van der Waals surface area contributed by atoms with E-state index in [4.69, 9.17) is 5.11 Å². The Bertz CT molecular complexity index is 255. The Morgan fingerprint density at radius 1 is 1.31 bits per heavy atom. The summed E-state index contributed by atoms with van der Waals surface area (Å²) in [6.45, 7) is 2.47. The van der Waals surface area contributed by atoms with E-state index in [9.17, 15) is 4.79 Å². The van der Waals surface area contributed by atoms with E-state index in [1.54, 1.807) is 12.1 Å². The van der Waals surface area contributed by atoms with Crippen molar-refractivity contribution in [1.82, 2.24) is 10.9 Å². The molecule has 1 aromatic carbocycles. The predicted octanol–water partition coefficient (Wildman–Crippen LogP) is 0.321. The van der Waals surface area contributed by atoms with Crippen LogP contribution in [-0.4, -0.2) is 17.6 Å². The summed E-state index contributed by atoms with van der Waals surface area (Å²) < 4.78 is 0. The summed E-state index contributed by atoms with van der Waals surface area (Å²) in [7, 11) is 0. The van der Waals surface area contributed by atoms with Crippen molar-refractivity contribution in [1.29, 1.82) is 0 Å². The van der Waals surface area contributed by atoms with Crippen LogP contribution >= 0.6 is 0 Å². The van der Waals surface area contributed by atoms with E-state index in [-0.39, 0.29) is 5.91 Å².